The molecule has 0 bridgehead atoms. The van der Waals surface area contributed by atoms with E-state index in [4.69, 9.17) is 11.6 Å². The van der Waals surface area contributed by atoms with Crippen molar-refractivity contribution < 1.29 is 4.79 Å². The van der Waals surface area contributed by atoms with Crippen LogP contribution in [0.25, 0.3) is 0 Å². The molecule has 0 unspecified atom stereocenters. The number of anilines is 1. The quantitative estimate of drug-likeness (QED) is 0.497. The molecule has 0 radical (unpaired) electrons. The number of amides is 2. The van der Waals surface area contributed by atoms with Gasteiger partial charge in [0.05, 0.1) is 6.54 Å². The van der Waals surface area contributed by atoms with Crippen LogP contribution >= 0.6 is 11.6 Å². The molecule has 2 aromatic carbocycles. The van der Waals surface area contributed by atoms with Gasteiger partial charge in [-0.3, -0.25) is 0 Å². The summed E-state index contributed by atoms with van der Waals surface area (Å²) in [4.78, 5) is 14.7. The molecule has 1 N–H and O–H groups in total. The first-order valence-corrected chi connectivity index (χ1v) is 10.0. The molecule has 0 saturated heterocycles. The van der Waals surface area contributed by atoms with Gasteiger partial charge in [0.25, 0.3) is 0 Å². The Kier molecular flexibility index (Phi) is 7.15. The number of rotatable bonds is 8. The zero-order valence-corrected chi connectivity index (χ0v) is 16.9. The van der Waals surface area contributed by atoms with Crippen LogP contribution in [0.5, 0.6) is 0 Å². The number of halogens is 1. The Morgan fingerprint density at radius 3 is 2.50 bits per heavy atom. The third kappa shape index (κ3) is 5.64. The molecule has 0 saturated carbocycles. The second-order valence-electron chi connectivity index (χ2n) is 6.83. The molecule has 2 amide bonds. The zero-order valence-electron chi connectivity index (χ0n) is 16.1. The summed E-state index contributed by atoms with van der Waals surface area (Å²) in [7, 11) is 0. The maximum absolute atomic E-state index is 12.9. The highest BCUT2D eigenvalue weighted by Gasteiger charge is 2.16. The first-order chi connectivity index (χ1) is 13.7. The van der Waals surface area contributed by atoms with Gasteiger partial charge in [-0.1, -0.05) is 55.3 Å². The van der Waals surface area contributed by atoms with Crippen LogP contribution in [0.2, 0.25) is 5.02 Å². The van der Waals surface area contributed by atoms with Gasteiger partial charge in [0.2, 0.25) is 0 Å². The Balaban J connectivity index is 1.71. The molecular weight excluding hydrogens is 370 g/mol. The lowest BCUT2D eigenvalue weighted by molar-refractivity contribution is 0.207. The first kappa shape index (κ1) is 20.0. The van der Waals surface area contributed by atoms with Crippen LogP contribution in [0, 0.1) is 0 Å². The molecule has 1 aromatic heterocycles. The van der Waals surface area contributed by atoms with Crippen molar-refractivity contribution in [2.75, 3.05) is 11.9 Å². The maximum Gasteiger partial charge on any atom is 0.322 e. The van der Waals surface area contributed by atoms with E-state index in [9.17, 15) is 4.79 Å². The van der Waals surface area contributed by atoms with Crippen molar-refractivity contribution in [2.45, 2.75) is 32.9 Å². The van der Waals surface area contributed by atoms with Gasteiger partial charge in [0, 0.05) is 35.7 Å². The van der Waals surface area contributed by atoms with Crippen molar-refractivity contribution in [1.29, 1.82) is 0 Å². The molecule has 0 aliphatic heterocycles. The molecule has 28 heavy (non-hydrogen) atoms. The van der Waals surface area contributed by atoms with Crippen molar-refractivity contribution in [3.05, 3.63) is 89.2 Å². The standard InChI is InChI=1S/C23H26ClN3O/c1-2-3-15-27(23(28)25-21-13-11-20(24)12-14-21)18-22-10-7-16-26(22)17-19-8-5-4-6-9-19/h4-14,16H,2-3,15,17-18H2,1H3,(H,25,28). The molecule has 146 valence electrons. The van der Waals surface area contributed by atoms with Crippen molar-refractivity contribution >= 4 is 23.3 Å². The fourth-order valence-electron chi connectivity index (χ4n) is 3.06. The van der Waals surface area contributed by atoms with Gasteiger partial charge in [-0.2, -0.15) is 0 Å². The topological polar surface area (TPSA) is 37.3 Å². The number of benzene rings is 2. The highest BCUT2D eigenvalue weighted by molar-refractivity contribution is 6.30. The van der Waals surface area contributed by atoms with Gasteiger partial charge in [-0.15, -0.1) is 0 Å². The first-order valence-electron chi connectivity index (χ1n) is 9.65. The van der Waals surface area contributed by atoms with E-state index in [-0.39, 0.29) is 6.03 Å². The lowest BCUT2D eigenvalue weighted by Crippen LogP contribution is -2.35. The molecule has 1 heterocycles. The largest absolute Gasteiger partial charge is 0.345 e. The highest BCUT2D eigenvalue weighted by Crippen LogP contribution is 2.16. The van der Waals surface area contributed by atoms with Gasteiger partial charge in [0.1, 0.15) is 0 Å². The average Bonchev–Trinajstić information content (AvgIpc) is 3.14. The van der Waals surface area contributed by atoms with Crippen LogP contribution in [-0.4, -0.2) is 22.0 Å². The molecule has 5 heteroatoms. The lowest BCUT2D eigenvalue weighted by Gasteiger charge is -2.24. The summed E-state index contributed by atoms with van der Waals surface area (Å²) in [6.07, 6.45) is 4.07. The summed E-state index contributed by atoms with van der Waals surface area (Å²) in [5.41, 5.74) is 3.10. The van der Waals surface area contributed by atoms with E-state index >= 15 is 0 Å². The molecule has 4 nitrogen and oxygen atoms in total. The maximum atomic E-state index is 12.9. The lowest BCUT2D eigenvalue weighted by atomic mass is 10.2. The third-order valence-electron chi connectivity index (χ3n) is 4.64. The predicted molar refractivity (Wildman–Crippen MR) is 116 cm³/mol. The fourth-order valence-corrected chi connectivity index (χ4v) is 3.19. The smallest absolute Gasteiger partial charge is 0.322 e. The summed E-state index contributed by atoms with van der Waals surface area (Å²) in [6, 6.07) is 21.6. The Hall–Kier alpha value is -2.72. The number of nitrogens with zero attached hydrogens (tertiary/aromatic N) is 2. The van der Waals surface area contributed by atoms with E-state index < -0.39 is 0 Å². The number of hydrogen-bond donors (Lipinski definition) is 1. The van der Waals surface area contributed by atoms with Gasteiger partial charge in [-0.25, -0.2) is 4.79 Å². The second-order valence-corrected chi connectivity index (χ2v) is 7.26. The van der Waals surface area contributed by atoms with Gasteiger partial charge < -0.3 is 14.8 Å². The number of aromatic nitrogens is 1. The minimum absolute atomic E-state index is 0.0942. The molecular formula is C23H26ClN3O. The molecule has 0 spiro atoms. The SMILES string of the molecule is CCCCN(Cc1cccn1Cc1ccccc1)C(=O)Nc1ccc(Cl)cc1. The Morgan fingerprint density at radius 2 is 1.79 bits per heavy atom. The minimum atomic E-state index is -0.0942. The fraction of sp³-hybridized carbons (Fsp3) is 0.261. The number of hydrogen-bond acceptors (Lipinski definition) is 1. The average molecular weight is 396 g/mol. The van der Waals surface area contributed by atoms with Crippen LogP contribution in [0.1, 0.15) is 31.0 Å². The third-order valence-corrected chi connectivity index (χ3v) is 4.89. The number of carbonyl (C=O) groups is 1. The molecule has 3 rings (SSSR count). The summed E-state index contributed by atoms with van der Waals surface area (Å²) in [6.45, 7) is 4.21. The predicted octanol–water partition coefficient (Wildman–Crippen LogP) is 6.02. The van der Waals surface area contributed by atoms with Crippen LogP contribution in [-0.2, 0) is 13.1 Å². The number of carbonyl (C=O) groups excluding carboxylic acids is 1. The summed E-state index contributed by atoms with van der Waals surface area (Å²) in [5, 5.41) is 3.63. The van der Waals surface area contributed by atoms with Crippen molar-refractivity contribution in [1.82, 2.24) is 9.47 Å². The molecule has 0 aliphatic rings. The van der Waals surface area contributed by atoms with E-state index in [1.807, 2.05) is 41.3 Å². The van der Waals surface area contributed by atoms with Crippen LogP contribution in [0.15, 0.2) is 72.9 Å². The zero-order chi connectivity index (χ0) is 19.8. The molecule has 0 fully saturated rings. The Morgan fingerprint density at radius 1 is 1.04 bits per heavy atom. The van der Waals surface area contributed by atoms with E-state index in [0.29, 0.717) is 18.1 Å². The Bertz CT molecular complexity index is 874. The van der Waals surface area contributed by atoms with Gasteiger partial charge >= 0.3 is 6.03 Å². The second kappa shape index (κ2) is 10.00. The summed E-state index contributed by atoms with van der Waals surface area (Å²) < 4.78 is 2.20. The minimum Gasteiger partial charge on any atom is -0.345 e. The van der Waals surface area contributed by atoms with Crippen molar-refractivity contribution in [3.8, 4) is 0 Å². The monoisotopic (exact) mass is 395 g/mol. The highest BCUT2D eigenvalue weighted by atomic mass is 35.5. The van der Waals surface area contributed by atoms with Gasteiger partial charge in [0.15, 0.2) is 0 Å². The molecule has 3 aromatic rings. The van der Waals surface area contributed by atoms with Crippen LogP contribution in [0.4, 0.5) is 10.5 Å². The van der Waals surface area contributed by atoms with E-state index in [2.05, 4.69) is 41.2 Å². The number of urea groups is 1. The number of nitrogens with one attached hydrogen (secondary N) is 1. The van der Waals surface area contributed by atoms with Gasteiger partial charge in [-0.05, 0) is 48.4 Å². The summed E-state index contributed by atoms with van der Waals surface area (Å²) in [5.74, 6) is 0. The van der Waals surface area contributed by atoms with Crippen molar-refractivity contribution in [2.24, 2.45) is 0 Å². The molecule has 0 aliphatic carbocycles. The summed E-state index contributed by atoms with van der Waals surface area (Å²) >= 11 is 5.93. The van der Waals surface area contributed by atoms with Crippen LogP contribution in [0.3, 0.4) is 0 Å². The molecule has 0 atom stereocenters. The Labute approximate surface area is 171 Å². The van der Waals surface area contributed by atoms with E-state index in [1.165, 1.54) is 5.56 Å². The van der Waals surface area contributed by atoms with E-state index in [0.717, 1.165) is 30.8 Å². The van der Waals surface area contributed by atoms with Crippen molar-refractivity contribution in [3.63, 3.8) is 0 Å². The van der Waals surface area contributed by atoms with Crippen LogP contribution < -0.4 is 5.32 Å². The van der Waals surface area contributed by atoms with E-state index in [1.54, 1.807) is 12.1 Å². The number of unbranched alkanes of at least 4 members (excludes halogenated alkanes) is 1. The normalized spacial score (nSPS) is 10.6.